The van der Waals surface area contributed by atoms with Gasteiger partial charge in [-0.3, -0.25) is 0 Å². The average molecular weight is 202 g/mol. The van der Waals surface area contributed by atoms with E-state index in [1.807, 2.05) is 40.7 Å². The van der Waals surface area contributed by atoms with Gasteiger partial charge in [0.25, 0.3) is 0 Å². The Kier molecular flexibility index (Phi) is 6.79. The SMILES string of the molecule is CCOC(C=C(C)C)(OCC)OCC. The molecule has 3 nitrogen and oxygen atoms in total. The molecular weight excluding hydrogens is 180 g/mol. The Morgan fingerprint density at radius 2 is 1.29 bits per heavy atom. The van der Waals surface area contributed by atoms with Crippen LogP contribution in [0.1, 0.15) is 34.6 Å². The fraction of sp³-hybridized carbons (Fsp3) is 0.818. The van der Waals surface area contributed by atoms with Crippen LogP contribution in [0.4, 0.5) is 0 Å². The monoisotopic (exact) mass is 202 g/mol. The van der Waals surface area contributed by atoms with E-state index in [2.05, 4.69) is 0 Å². The second-order valence-electron chi connectivity index (χ2n) is 3.12. The normalized spacial score (nSPS) is 11.5. The Balaban J connectivity index is 4.63. The Bertz CT molecular complexity index is 154. The summed E-state index contributed by atoms with van der Waals surface area (Å²) in [4.78, 5) is 0. The van der Waals surface area contributed by atoms with Gasteiger partial charge in [-0.05, 0) is 34.6 Å². The molecule has 0 rings (SSSR count). The first-order chi connectivity index (χ1) is 6.60. The van der Waals surface area contributed by atoms with Gasteiger partial charge in [-0.25, -0.2) is 0 Å². The van der Waals surface area contributed by atoms with Gasteiger partial charge in [-0.2, -0.15) is 0 Å². The first kappa shape index (κ1) is 13.6. The highest BCUT2D eigenvalue weighted by molar-refractivity contribution is 4.99. The zero-order valence-corrected chi connectivity index (χ0v) is 9.92. The van der Waals surface area contributed by atoms with Gasteiger partial charge in [0.2, 0.25) is 0 Å². The summed E-state index contributed by atoms with van der Waals surface area (Å²) in [7, 11) is 0. The molecule has 0 spiro atoms. The fourth-order valence-electron chi connectivity index (χ4n) is 1.21. The molecule has 0 heterocycles. The van der Waals surface area contributed by atoms with Crippen LogP contribution in [0.25, 0.3) is 0 Å². The summed E-state index contributed by atoms with van der Waals surface area (Å²) >= 11 is 0. The number of hydrogen-bond acceptors (Lipinski definition) is 3. The molecule has 0 fully saturated rings. The summed E-state index contributed by atoms with van der Waals surface area (Å²) in [5, 5.41) is 0. The van der Waals surface area contributed by atoms with Crippen molar-refractivity contribution in [1.29, 1.82) is 0 Å². The highest BCUT2D eigenvalue weighted by Crippen LogP contribution is 2.19. The minimum atomic E-state index is -0.989. The van der Waals surface area contributed by atoms with E-state index in [4.69, 9.17) is 14.2 Å². The molecular formula is C11H22O3. The third kappa shape index (κ3) is 4.74. The van der Waals surface area contributed by atoms with Crippen molar-refractivity contribution >= 4 is 0 Å². The maximum absolute atomic E-state index is 5.50. The van der Waals surface area contributed by atoms with E-state index in [0.717, 1.165) is 5.57 Å². The van der Waals surface area contributed by atoms with E-state index in [1.54, 1.807) is 0 Å². The predicted molar refractivity (Wildman–Crippen MR) is 57.0 cm³/mol. The van der Waals surface area contributed by atoms with Crippen molar-refractivity contribution in [3.05, 3.63) is 11.6 Å². The molecule has 0 aromatic rings. The highest BCUT2D eigenvalue weighted by Gasteiger charge is 2.29. The minimum absolute atomic E-state index is 0.559. The van der Waals surface area contributed by atoms with Gasteiger partial charge in [-0.1, -0.05) is 5.57 Å². The second-order valence-corrected chi connectivity index (χ2v) is 3.12. The van der Waals surface area contributed by atoms with Gasteiger partial charge < -0.3 is 14.2 Å². The van der Waals surface area contributed by atoms with E-state index in [9.17, 15) is 0 Å². The van der Waals surface area contributed by atoms with Crippen molar-refractivity contribution in [2.24, 2.45) is 0 Å². The van der Waals surface area contributed by atoms with Gasteiger partial charge >= 0.3 is 5.97 Å². The Labute approximate surface area is 87.0 Å². The van der Waals surface area contributed by atoms with E-state index >= 15 is 0 Å². The van der Waals surface area contributed by atoms with Crippen LogP contribution < -0.4 is 0 Å². The van der Waals surface area contributed by atoms with Crippen LogP contribution in [0.3, 0.4) is 0 Å². The number of rotatable bonds is 7. The molecule has 0 amide bonds. The average Bonchev–Trinajstić information content (AvgIpc) is 2.03. The Hall–Kier alpha value is -0.380. The van der Waals surface area contributed by atoms with Crippen LogP contribution in [0.2, 0.25) is 0 Å². The molecule has 0 aliphatic heterocycles. The molecule has 0 saturated carbocycles. The van der Waals surface area contributed by atoms with Gasteiger partial charge in [-0.15, -0.1) is 0 Å². The van der Waals surface area contributed by atoms with Crippen LogP contribution in [0.15, 0.2) is 11.6 Å². The third-order valence-electron chi connectivity index (χ3n) is 1.50. The van der Waals surface area contributed by atoms with Crippen molar-refractivity contribution in [2.45, 2.75) is 40.6 Å². The number of hydrogen-bond donors (Lipinski definition) is 0. The molecule has 84 valence electrons. The van der Waals surface area contributed by atoms with Gasteiger partial charge in [0.15, 0.2) is 0 Å². The standard InChI is InChI=1S/C11H22O3/c1-6-12-11(13-7-2,14-8-3)9-10(4)5/h9H,6-8H2,1-5H3. The molecule has 0 aromatic carbocycles. The lowest BCUT2D eigenvalue weighted by atomic mass is 10.3. The van der Waals surface area contributed by atoms with E-state index in [-0.39, 0.29) is 0 Å². The summed E-state index contributed by atoms with van der Waals surface area (Å²) in [6.45, 7) is 11.4. The first-order valence-electron chi connectivity index (χ1n) is 5.18. The molecule has 0 N–H and O–H groups in total. The van der Waals surface area contributed by atoms with Crippen molar-refractivity contribution in [2.75, 3.05) is 19.8 Å². The van der Waals surface area contributed by atoms with Crippen LogP contribution in [-0.2, 0) is 14.2 Å². The maximum atomic E-state index is 5.50. The van der Waals surface area contributed by atoms with Crippen LogP contribution >= 0.6 is 0 Å². The molecule has 14 heavy (non-hydrogen) atoms. The Morgan fingerprint density at radius 1 is 0.929 bits per heavy atom. The van der Waals surface area contributed by atoms with Crippen molar-refractivity contribution in [3.8, 4) is 0 Å². The summed E-state index contributed by atoms with van der Waals surface area (Å²) in [5.74, 6) is -0.989. The highest BCUT2D eigenvalue weighted by atomic mass is 16.9. The summed E-state index contributed by atoms with van der Waals surface area (Å²) in [5.41, 5.74) is 1.11. The first-order valence-corrected chi connectivity index (χ1v) is 5.18. The fourth-order valence-corrected chi connectivity index (χ4v) is 1.21. The Morgan fingerprint density at radius 3 is 1.50 bits per heavy atom. The third-order valence-corrected chi connectivity index (χ3v) is 1.50. The molecule has 0 bridgehead atoms. The zero-order chi connectivity index (χ0) is 11.0. The van der Waals surface area contributed by atoms with E-state index < -0.39 is 5.97 Å². The molecule has 0 aliphatic carbocycles. The molecule has 0 atom stereocenters. The van der Waals surface area contributed by atoms with Crippen LogP contribution in [-0.4, -0.2) is 25.8 Å². The summed E-state index contributed by atoms with van der Waals surface area (Å²) in [6, 6.07) is 0. The molecule has 0 saturated heterocycles. The second kappa shape index (κ2) is 6.98. The largest absolute Gasteiger partial charge is 0.324 e. The smallest absolute Gasteiger partial charge is 0.304 e. The lowest BCUT2D eigenvalue weighted by Crippen LogP contribution is -2.37. The number of allylic oxidation sites excluding steroid dienone is 1. The topological polar surface area (TPSA) is 27.7 Å². The lowest BCUT2D eigenvalue weighted by molar-refractivity contribution is -0.346. The number of ether oxygens (including phenoxy) is 3. The minimum Gasteiger partial charge on any atom is -0.324 e. The van der Waals surface area contributed by atoms with E-state index in [1.165, 1.54) is 0 Å². The molecule has 0 radical (unpaired) electrons. The molecule has 0 aromatic heterocycles. The van der Waals surface area contributed by atoms with Gasteiger partial charge in [0, 0.05) is 25.9 Å². The quantitative estimate of drug-likeness (QED) is 0.469. The van der Waals surface area contributed by atoms with Gasteiger partial charge in [0.1, 0.15) is 0 Å². The van der Waals surface area contributed by atoms with Crippen LogP contribution in [0, 0.1) is 0 Å². The lowest BCUT2D eigenvalue weighted by Gasteiger charge is -2.29. The molecule has 0 unspecified atom stereocenters. The van der Waals surface area contributed by atoms with E-state index in [0.29, 0.717) is 19.8 Å². The van der Waals surface area contributed by atoms with Crippen molar-refractivity contribution in [3.63, 3.8) is 0 Å². The maximum Gasteiger partial charge on any atom is 0.304 e. The van der Waals surface area contributed by atoms with Crippen molar-refractivity contribution in [1.82, 2.24) is 0 Å². The van der Waals surface area contributed by atoms with Crippen molar-refractivity contribution < 1.29 is 14.2 Å². The predicted octanol–water partition coefficient (Wildman–Crippen LogP) is 2.72. The zero-order valence-electron chi connectivity index (χ0n) is 9.92. The summed E-state index contributed by atoms with van der Waals surface area (Å²) < 4.78 is 16.5. The summed E-state index contributed by atoms with van der Waals surface area (Å²) in [6.07, 6.45) is 1.86. The molecule has 0 aliphatic rings. The van der Waals surface area contributed by atoms with Gasteiger partial charge in [0.05, 0.1) is 0 Å². The van der Waals surface area contributed by atoms with Crippen LogP contribution in [0.5, 0.6) is 0 Å². The molecule has 3 heteroatoms.